The minimum atomic E-state index is -1.16. The molecule has 4 rings (SSSR count). The zero-order valence-electron chi connectivity index (χ0n) is 19.7. The molecule has 6 nitrogen and oxygen atoms in total. The van der Waals surface area contributed by atoms with Crippen LogP contribution in [-0.2, 0) is 0 Å². The first-order valence-electron chi connectivity index (χ1n) is 11.9. The van der Waals surface area contributed by atoms with Crippen molar-refractivity contribution in [3.8, 4) is 11.1 Å². The standard InChI is InChI=1S/C28H30FN3O3/c1-28(29)13-9-24(10-14-28)31-27(35)23-4-2-3-22(17-23)25(18-33)32-26(34)21-7-5-19(6-8-21)20-11-15-30-16-12-20/h2-8,11-12,15-17,24-25,33H,9-10,13-14,18H2,1H3,(H,31,35)(H,32,34)/t24?,25-,28?/m1/s1. The second-order valence-corrected chi connectivity index (χ2v) is 9.31. The summed E-state index contributed by atoms with van der Waals surface area (Å²) in [6, 6.07) is 17.1. The maximum Gasteiger partial charge on any atom is 0.251 e. The average molecular weight is 476 g/mol. The highest BCUT2D eigenvalue weighted by atomic mass is 19.1. The number of nitrogens with one attached hydrogen (secondary N) is 2. The van der Waals surface area contributed by atoms with E-state index in [0.29, 0.717) is 42.4 Å². The summed E-state index contributed by atoms with van der Waals surface area (Å²) in [4.78, 5) is 29.6. The first kappa shape index (κ1) is 24.5. The number of halogens is 1. The minimum absolute atomic E-state index is 0.0570. The zero-order chi connectivity index (χ0) is 24.8. The molecule has 1 aliphatic rings. The maximum absolute atomic E-state index is 14.0. The Morgan fingerprint density at radius 2 is 1.66 bits per heavy atom. The molecular formula is C28H30FN3O3. The number of alkyl halides is 1. The van der Waals surface area contributed by atoms with Gasteiger partial charge in [-0.3, -0.25) is 14.6 Å². The van der Waals surface area contributed by atoms with Crippen LogP contribution < -0.4 is 10.6 Å². The second-order valence-electron chi connectivity index (χ2n) is 9.31. The largest absolute Gasteiger partial charge is 0.394 e. The molecule has 0 bridgehead atoms. The van der Waals surface area contributed by atoms with E-state index in [4.69, 9.17) is 0 Å². The van der Waals surface area contributed by atoms with Gasteiger partial charge in [-0.25, -0.2) is 4.39 Å². The summed E-state index contributed by atoms with van der Waals surface area (Å²) in [6.45, 7) is 1.29. The van der Waals surface area contributed by atoms with Crippen LogP contribution >= 0.6 is 0 Å². The fraction of sp³-hybridized carbons (Fsp3) is 0.321. The fourth-order valence-corrected chi connectivity index (χ4v) is 4.36. The van der Waals surface area contributed by atoms with E-state index in [1.807, 2.05) is 24.3 Å². The van der Waals surface area contributed by atoms with Crippen LogP contribution in [0.3, 0.4) is 0 Å². The molecule has 1 aliphatic carbocycles. The molecule has 182 valence electrons. The van der Waals surface area contributed by atoms with Crippen LogP contribution in [0.4, 0.5) is 4.39 Å². The number of carbonyl (C=O) groups is 2. The Balaban J connectivity index is 1.40. The van der Waals surface area contributed by atoms with Gasteiger partial charge in [0.2, 0.25) is 0 Å². The molecule has 2 aromatic carbocycles. The van der Waals surface area contributed by atoms with Gasteiger partial charge in [0.1, 0.15) is 5.67 Å². The maximum atomic E-state index is 14.0. The van der Waals surface area contributed by atoms with Crippen molar-refractivity contribution in [2.75, 3.05) is 6.61 Å². The summed E-state index contributed by atoms with van der Waals surface area (Å²) in [7, 11) is 0. The lowest BCUT2D eigenvalue weighted by atomic mass is 9.85. The lowest BCUT2D eigenvalue weighted by molar-refractivity contribution is 0.0850. The number of rotatable bonds is 7. The van der Waals surface area contributed by atoms with Crippen molar-refractivity contribution in [3.05, 3.63) is 89.7 Å². The Hall–Kier alpha value is -3.58. The Morgan fingerprint density at radius 3 is 2.31 bits per heavy atom. The molecule has 1 aromatic heterocycles. The molecule has 3 N–H and O–H groups in total. The molecule has 1 heterocycles. The molecule has 7 heteroatoms. The van der Waals surface area contributed by atoms with Gasteiger partial charge in [-0.05, 0) is 85.7 Å². The van der Waals surface area contributed by atoms with Crippen LogP contribution in [0, 0.1) is 0 Å². The number of aliphatic hydroxyl groups is 1. The van der Waals surface area contributed by atoms with E-state index >= 15 is 0 Å². The van der Waals surface area contributed by atoms with Crippen LogP contribution in [0.1, 0.15) is 64.9 Å². The van der Waals surface area contributed by atoms with Crippen molar-refractivity contribution < 1.29 is 19.1 Å². The minimum Gasteiger partial charge on any atom is -0.394 e. The zero-order valence-corrected chi connectivity index (χ0v) is 19.7. The van der Waals surface area contributed by atoms with Gasteiger partial charge in [-0.2, -0.15) is 0 Å². The number of amides is 2. The molecule has 2 amide bonds. The van der Waals surface area contributed by atoms with Gasteiger partial charge in [0, 0.05) is 29.6 Å². The first-order valence-corrected chi connectivity index (χ1v) is 11.9. The quantitative estimate of drug-likeness (QED) is 0.465. The summed E-state index contributed by atoms with van der Waals surface area (Å²) >= 11 is 0. The summed E-state index contributed by atoms with van der Waals surface area (Å²) in [5, 5.41) is 15.8. The number of nitrogens with zero attached hydrogens (tertiary/aromatic N) is 1. The van der Waals surface area contributed by atoms with Crippen molar-refractivity contribution in [3.63, 3.8) is 0 Å². The molecule has 0 aliphatic heterocycles. The van der Waals surface area contributed by atoms with E-state index in [2.05, 4.69) is 15.6 Å². The topological polar surface area (TPSA) is 91.3 Å². The van der Waals surface area contributed by atoms with Crippen molar-refractivity contribution >= 4 is 11.8 Å². The molecular weight excluding hydrogens is 445 g/mol. The first-order chi connectivity index (χ1) is 16.8. The number of aromatic nitrogens is 1. The second kappa shape index (κ2) is 10.8. The van der Waals surface area contributed by atoms with E-state index in [9.17, 15) is 19.1 Å². The van der Waals surface area contributed by atoms with Gasteiger partial charge in [-0.15, -0.1) is 0 Å². The normalized spacial score (nSPS) is 20.6. The smallest absolute Gasteiger partial charge is 0.251 e. The van der Waals surface area contributed by atoms with Gasteiger partial charge in [0.15, 0.2) is 0 Å². The van der Waals surface area contributed by atoms with E-state index in [1.165, 1.54) is 0 Å². The van der Waals surface area contributed by atoms with Crippen LogP contribution in [0.25, 0.3) is 11.1 Å². The summed E-state index contributed by atoms with van der Waals surface area (Å²) in [6.07, 6.45) is 5.50. The molecule has 1 fully saturated rings. The van der Waals surface area contributed by atoms with Gasteiger partial charge in [0.05, 0.1) is 12.6 Å². The third kappa shape index (κ3) is 6.31. The predicted octanol–water partition coefficient (Wildman–Crippen LogP) is 4.61. The Labute approximate surface area is 204 Å². The summed E-state index contributed by atoms with van der Waals surface area (Å²) < 4.78 is 14.0. The molecule has 0 saturated heterocycles. The van der Waals surface area contributed by atoms with Crippen molar-refractivity contribution in [2.24, 2.45) is 0 Å². The third-order valence-corrected chi connectivity index (χ3v) is 6.56. The third-order valence-electron chi connectivity index (χ3n) is 6.56. The average Bonchev–Trinajstić information content (AvgIpc) is 2.89. The van der Waals surface area contributed by atoms with Crippen LogP contribution in [0.15, 0.2) is 73.1 Å². The molecule has 0 unspecified atom stereocenters. The van der Waals surface area contributed by atoms with Crippen molar-refractivity contribution in [1.82, 2.24) is 15.6 Å². The van der Waals surface area contributed by atoms with Crippen LogP contribution in [0.2, 0.25) is 0 Å². The Morgan fingerprint density at radius 1 is 1.00 bits per heavy atom. The molecule has 3 aromatic rings. The highest BCUT2D eigenvalue weighted by Crippen LogP contribution is 2.31. The number of aliphatic hydroxyl groups excluding tert-OH is 1. The van der Waals surface area contributed by atoms with E-state index in [1.54, 1.807) is 55.7 Å². The van der Waals surface area contributed by atoms with Crippen LogP contribution in [-0.4, -0.2) is 40.2 Å². The van der Waals surface area contributed by atoms with Gasteiger partial charge >= 0.3 is 0 Å². The molecule has 1 atom stereocenters. The predicted molar refractivity (Wildman–Crippen MR) is 133 cm³/mol. The molecule has 35 heavy (non-hydrogen) atoms. The number of benzene rings is 2. The van der Waals surface area contributed by atoms with Gasteiger partial charge in [0.25, 0.3) is 11.8 Å². The van der Waals surface area contributed by atoms with Crippen LogP contribution in [0.5, 0.6) is 0 Å². The number of hydrogen-bond donors (Lipinski definition) is 3. The number of carbonyl (C=O) groups excluding carboxylic acids is 2. The number of pyridine rings is 1. The summed E-state index contributed by atoms with van der Waals surface area (Å²) in [5.41, 5.74) is 2.34. The fourth-order valence-electron chi connectivity index (χ4n) is 4.36. The number of hydrogen-bond acceptors (Lipinski definition) is 4. The lowest BCUT2D eigenvalue weighted by Gasteiger charge is -2.31. The van der Waals surface area contributed by atoms with E-state index in [-0.39, 0.29) is 24.5 Å². The molecule has 1 saturated carbocycles. The van der Waals surface area contributed by atoms with Gasteiger partial charge in [-0.1, -0.05) is 24.3 Å². The lowest BCUT2D eigenvalue weighted by Crippen LogP contribution is -2.40. The highest BCUT2D eigenvalue weighted by molar-refractivity contribution is 5.96. The van der Waals surface area contributed by atoms with Crippen molar-refractivity contribution in [1.29, 1.82) is 0 Å². The van der Waals surface area contributed by atoms with E-state index < -0.39 is 11.7 Å². The highest BCUT2D eigenvalue weighted by Gasteiger charge is 2.31. The van der Waals surface area contributed by atoms with Crippen molar-refractivity contribution in [2.45, 2.75) is 50.4 Å². The molecule has 0 radical (unpaired) electrons. The monoisotopic (exact) mass is 475 g/mol. The Kier molecular flexibility index (Phi) is 7.56. The van der Waals surface area contributed by atoms with E-state index in [0.717, 1.165) is 11.1 Å². The van der Waals surface area contributed by atoms with Gasteiger partial charge < -0.3 is 15.7 Å². The SMILES string of the molecule is CC1(F)CCC(NC(=O)c2cccc([C@@H](CO)NC(=O)c3ccc(-c4ccncc4)cc3)c2)CC1. The summed E-state index contributed by atoms with van der Waals surface area (Å²) in [5.74, 6) is -0.564. The molecule has 0 spiro atoms. The Bertz CT molecular complexity index is 1160.